The summed E-state index contributed by atoms with van der Waals surface area (Å²) >= 11 is 0. The number of hydrogen-bond acceptors (Lipinski definition) is 4. The molecule has 0 amide bonds. The second kappa shape index (κ2) is 7.31. The Labute approximate surface area is 139 Å². The highest BCUT2D eigenvalue weighted by Crippen LogP contribution is 2.20. The van der Waals surface area contributed by atoms with Crippen molar-refractivity contribution in [2.24, 2.45) is 0 Å². The van der Waals surface area contributed by atoms with Crippen molar-refractivity contribution in [3.05, 3.63) is 59.4 Å². The molecule has 6 heteroatoms. The molecule has 126 valence electrons. The minimum absolute atomic E-state index is 0.173. The predicted octanol–water partition coefficient (Wildman–Crippen LogP) is 3.37. The van der Waals surface area contributed by atoms with E-state index in [1.807, 2.05) is 19.2 Å². The van der Waals surface area contributed by atoms with E-state index in [2.05, 4.69) is 15.5 Å². The van der Waals surface area contributed by atoms with Gasteiger partial charge in [-0.1, -0.05) is 18.2 Å². The molecule has 0 aliphatic rings. The zero-order valence-corrected chi connectivity index (χ0v) is 13.5. The Hall–Kier alpha value is -2.60. The predicted molar refractivity (Wildman–Crippen MR) is 90.7 cm³/mol. The largest absolute Gasteiger partial charge is 0.388 e. The summed E-state index contributed by atoms with van der Waals surface area (Å²) in [7, 11) is 0. The first kappa shape index (κ1) is 16.3. The third-order valence-corrected chi connectivity index (χ3v) is 3.84. The highest BCUT2D eigenvalue weighted by atomic mass is 19.1. The monoisotopic (exact) mass is 329 g/mol. The number of rotatable bonds is 7. The molecule has 1 aromatic carbocycles. The van der Waals surface area contributed by atoms with Crippen molar-refractivity contribution >= 4 is 16.6 Å². The van der Waals surface area contributed by atoms with E-state index in [0.717, 1.165) is 35.0 Å². The van der Waals surface area contributed by atoms with Gasteiger partial charge >= 0.3 is 0 Å². The van der Waals surface area contributed by atoms with Gasteiger partial charge in [-0.15, -0.1) is 0 Å². The van der Waals surface area contributed by atoms with E-state index in [9.17, 15) is 4.39 Å². The molecule has 0 bridgehead atoms. The SMILES string of the molecule is CC/C=C(\NCCc1c[nH]c2ccc(F)cc12)c1cc(CO)on1. The fourth-order valence-electron chi connectivity index (χ4n) is 2.68. The molecule has 0 fully saturated rings. The molecule has 5 nitrogen and oxygen atoms in total. The lowest BCUT2D eigenvalue weighted by Gasteiger charge is -2.08. The molecular weight excluding hydrogens is 309 g/mol. The molecule has 2 aromatic heterocycles. The number of aromatic nitrogens is 2. The van der Waals surface area contributed by atoms with Crippen LogP contribution >= 0.6 is 0 Å². The molecule has 0 spiro atoms. The van der Waals surface area contributed by atoms with Crippen LogP contribution in [0.2, 0.25) is 0 Å². The molecule has 3 aromatic rings. The van der Waals surface area contributed by atoms with Gasteiger partial charge in [0.25, 0.3) is 0 Å². The van der Waals surface area contributed by atoms with E-state index in [4.69, 9.17) is 9.63 Å². The summed E-state index contributed by atoms with van der Waals surface area (Å²) in [5, 5.41) is 17.3. The number of benzene rings is 1. The molecule has 0 atom stereocenters. The lowest BCUT2D eigenvalue weighted by Crippen LogP contribution is -2.16. The Morgan fingerprint density at radius 2 is 2.29 bits per heavy atom. The van der Waals surface area contributed by atoms with Gasteiger partial charge < -0.3 is 19.9 Å². The summed E-state index contributed by atoms with van der Waals surface area (Å²) in [5.41, 5.74) is 3.53. The van der Waals surface area contributed by atoms with Gasteiger partial charge in [0, 0.05) is 29.7 Å². The lowest BCUT2D eigenvalue weighted by atomic mass is 10.1. The molecule has 0 radical (unpaired) electrons. The number of nitrogens with zero attached hydrogens (tertiary/aromatic N) is 1. The number of aromatic amines is 1. The van der Waals surface area contributed by atoms with E-state index >= 15 is 0 Å². The molecule has 0 saturated heterocycles. The number of H-pyrrole nitrogens is 1. The fraction of sp³-hybridized carbons (Fsp3) is 0.278. The number of allylic oxidation sites excluding steroid dienone is 1. The topological polar surface area (TPSA) is 74.1 Å². The average Bonchev–Trinajstić information content (AvgIpc) is 3.21. The van der Waals surface area contributed by atoms with E-state index in [1.165, 1.54) is 6.07 Å². The van der Waals surface area contributed by atoms with Crippen molar-refractivity contribution in [1.29, 1.82) is 0 Å². The lowest BCUT2D eigenvalue weighted by molar-refractivity contribution is 0.229. The Balaban J connectivity index is 1.68. The molecule has 0 unspecified atom stereocenters. The fourth-order valence-corrected chi connectivity index (χ4v) is 2.68. The van der Waals surface area contributed by atoms with Gasteiger partial charge in [0.2, 0.25) is 0 Å². The Bertz CT molecular complexity index is 851. The standard InChI is InChI=1S/C18H20FN3O2/c1-2-3-17(18-9-14(11-23)24-22-18)20-7-6-12-10-21-16-5-4-13(19)8-15(12)16/h3-5,8-10,20-21,23H,2,6-7,11H2,1H3/b17-3-. The normalized spacial score (nSPS) is 12.0. The molecule has 24 heavy (non-hydrogen) atoms. The van der Waals surface area contributed by atoms with Crippen molar-refractivity contribution in [1.82, 2.24) is 15.5 Å². The average molecular weight is 329 g/mol. The number of fused-ring (bicyclic) bond motifs is 1. The Morgan fingerprint density at radius 1 is 1.42 bits per heavy atom. The summed E-state index contributed by atoms with van der Waals surface area (Å²) in [5.74, 6) is 0.197. The first-order chi connectivity index (χ1) is 11.7. The van der Waals surface area contributed by atoms with Crippen molar-refractivity contribution in [3.8, 4) is 0 Å². The zero-order chi connectivity index (χ0) is 16.9. The van der Waals surface area contributed by atoms with Gasteiger partial charge in [-0.25, -0.2) is 4.39 Å². The van der Waals surface area contributed by atoms with Crippen LogP contribution in [-0.2, 0) is 13.0 Å². The van der Waals surface area contributed by atoms with Gasteiger partial charge in [0.05, 0.1) is 5.70 Å². The van der Waals surface area contributed by atoms with Gasteiger partial charge in [-0.05, 0) is 36.6 Å². The second-order valence-electron chi connectivity index (χ2n) is 5.54. The summed E-state index contributed by atoms with van der Waals surface area (Å²) in [6.45, 7) is 2.54. The molecule has 3 N–H and O–H groups in total. The van der Waals surface area contributed by atoms with Gasteiger partial charge in [0.1, 0.15) is 18.1 Å². The van der Waals surface area contributed by atoms with Crippen LogP contribution in [0.25, 0.3) is 16.6 Å². The van der Waals surface area contributed by atoms with Crippen LogP contribution in [-0.4, -0.2) is 21.8 Å². The minimum Gasteiger partial charge on any atom is -0.388 e. The van der Waals surface area contributed by atoms with E-state index < -0.39 is 0 Å². The molecule has 2 heterocycles. The number of hydrogen-bond donors (Lipinski definition) is 3. The van der Waals surface area contributed by atoms with Crippen LogP contribution in [0.3, 0.4) is 0 Å². The molecule has 0 aliphatic carbocycles. The Morgan fingerprint density at radius 3 is 3.04 bits per heavy atom. The Kier molecular flexibility index (Phi) is 4.96. The second-order valence-corrected chi connectivity index (χ2v) is 5.54. The smallest absolute Gasteiger partial charge is 0.162 e. The van der Waals surface area contributed by atoms with Crippen molar-refractivity contribution in [2.45, 2.75) is 26.4 Å². The summed E-state index contributed by atoms with van der Waals surface area (Å²) in [4.78, 5) is 3.16. The zero-order valence-electron chi connectivity index (χ0n) is 13.5. The van der Waals surface area contributed by atoms with Crippen LogP contribution < -0.4 is 5.32 Å². The quantitative estimate of drug-likeness (QED) is 0.621. The maximum absolute atomic E-state index is 13.4. The maximum Gasteiger partial charge on any atom is 0.162 e. The third kappa shape index (κ3) is 3.49. The highest BCUT2D eigenvalue weighted by Gasteiger charge is 2.09. The molecule has 0 saturated carbocycles. The van der Waals surface area contributed by atoms with Crippen LogP contribution in [0.1, 0.15) is 30.4 Å². The van der Waals surface area contributed by atoms with Crippen LogP contribution in [0.4, 0.5) is 4.39 Å². The van der Waals surface area contributed by atoms with E-state index in [-0.39, 0.29) is 12.4 Å². The van der Waals surface area contributed by atoms with E-state index in [1.54, 1.807) is 18.2 Å². The van der Waals surface area contributed by atoms with E-state index in [0.29, 0.717) is 18.0 Å². The number of aliphatic hydroxyl groups is 1. The first-order valence-electron chi connectivity index (χ1n) is 7.97. The minimum atomic E-state index is -0.234. The molecule has 0 aliphatic heterocycles. The number of aliphatic hydroxyl groups excluding tert-OH is 1. The van der Waals surface area contributed by atoms with Crippen molar-refractivity contribution in [2.75, 3.05) is 6.54 Å². The highest BCUT2D eigenvalue weighted by molar-refractivity contribution is 5.83. The summed E-state index contributed by atoms with van der Waals surface area (Å²) in [6, 6.07) is 6.47. The van der Waals surface area contributed by atoms with Crippen molar-refractivity contribution < 1.29 is 14.0 Å². The third-order valence-electron chi connectivity index (χ3n) is 3.84. The van der Waals surface area contributed by atoms with Crippen LogP contribution in [0, 0.1) is 5.82 Å². The van der Waals surface area contributed by atoms with Gasteiger partial charge in [-0.3, -0.25) is 0 Å². The van der Waals surface area contributed by atoms with Gasteiger partial charge in [0.15, 0.2) is 5.76 Å². The van der Waals surface area contributed by atoms with Gasteiger partial charge in [-0.2, -0.15) is 0 Å². The first-order valence-corrected chi connectivity index (χ1v) is 7.97. The van der Waals surface area contributed by atoms with Crippen LogP contribution in [0.5, 0.6) is 0 Å². The number of halogens is 1. The summed E-state index contributed by atoms with van der Waals surface area (Å²) in [6.07, 6.45) is 5.53. The number of nitrogens with one attached hydrogen (secondary N) is 2. The van der Waals surface area contributed by atoms with Crippen LogP contribution in [0.15, 0.2) is 41.1 Å². The maximum atomic E-state index is 13.4. The molecule has 3 rings (SSSR count). The van der Waals surface area contributed by atoms with Crippen molar-refractivity contribution in [3.63, 3.8) is 0 Å². The molecular formula is C18H20FN3O2. The summed E-state index contributed by atoms with van der Waals surface area (Å²) < 4.78 is 18.5.